The maximum absolute atomic E-state index is 8.55. The number of amidine groups is 1. The van der Waals surface area contributed by atoms with Crippen LogP contribution in [0.1, 0.15) is 26.7 Å². The van der Waals surface area contributed by atoms with Crippen molar-refractivity contribution >= 4 is 11.5 Å². The fourth-order valence-electron chi connectivity index (χ4n) is 1.53. The minimum Gasteiger partial charge on any atom is -0.478 e. The Hall–Kier alpha value is -1.98. The van der Waals surface area contributed by atoms with Crippen molar-refractivity contribution in [3.8, 4) is 5.88 Å². The van der Waals surface area contributed by atoms with Gasteiger partial charge in [-0.25, -0.2) is 4.98 Å². The molecule has 0 aliphatic heterocycles. The highest BCUT2D eigenvalue weighted by Crippen LogP contribution is 2.14. The molecule has 0 radical (unpaired) electrons. The summed E-state index contributed by atoms with van der Waals surface area (Å²) in [4.78, 5) is 4.16. The van der Waals surface area contributed by atoms with Gasteiger partial charge in [0.2, 0.25) is 5.88 Å². The van der Waals surface area contributed by atoms with E-state index in [1.54, 1.807) is 6.20 Å². The lowest BCUT2D eigenvalue weighted by atomic mass is 10.1. The van der Waals surface area contributed by atoms with Crippen molar-refractivity contribution < 1.29 is 9.94 Å². The van der Waals surface area contributed by atoms with E-state index in [0.717, 1.165) is 12.1 Å². The van der Waals surface area contributed by atoms with E-state index in [1.807, 2.05) is 26.0 Å². The molecule has 0 amide bonds. The van der Waals surface area contributed by atoms with Gasteiger partial charge in [-0.05, 0) is 19.4 Å². The summed E-state index contributed by atoms with van der Waals surface area (Å²) in [6, 6.07) is 3.82. The number of rotatable bonds is 7. The van der Waals surface area contributed by atoms with Crippen LogP contribution < -0.4 is 15.8 Å². The SMILES string of the molecule is CCOc1ccc(NC(CC)CC(N)=NO)cn1. The predicted octanol–water partition coefficient (Wildman–Crippen LogP) is 1.81. The molecule has 0 spiro atoms. The van der Waals surface area contributed by atoms with E-state index in [0.29, 0.717) is 18.9 Å². The van der Waals surface area contributed by atoms with Gasteiger partial charge in [0.15, 0.2) is 0 Å². The maximum atomic E-state index is 8.55. The number of hydrogen-bond acceptors (Lipinski definition) is 5. The van der Waals surface area contributed by atoms with Crippen LogP contribution in [0, 0.1) is 0 Å². The molecule has 0 bridgehead atoms. The summed E-state index contributed by atoms with van der Waals surface area (Å²) in [5, 5.41) is 14.8. The van der Waals surface area contributed by atoms with E-state index in [4.69, 9.17) is 15.7 Å². The van der Waals surface area contributed by atoms with Gasteiger partial charge in [-0.2, -0.15) is 0 Å². The fourth-order valence-corrected chi connectivity index (χ4v) is 1.53. The van der Waals surface area contributed by atoms with Gasteiger partial charge >= 0.3 is 0 Å². The molecule has 6 nitrogen and oxygen atoms in total. The molecule has 0 aliphatic carbocycles. The molecule has 1 atom stereocenters. The molecule has 1 rings (SSSR count). The van der Waals surface area contributed by atoms with Crippen LogP contribution in [0.2, 0.25) is 0 Å². The topological polar surface area (TPSA) is 92.8 Å². The van der Waals surface area contributed by atoms with Crippen molar-refractivity contribution in [1.82, 2.24) is 4.98 Å². The van der Waals surface area contributed by atoms with E-state index >= 15 is 0 Å². The van der Waals surface area contributed by atoms with Crippen LogP contribution in [-0.4, -0.2) is 28.7 Å². The van der Waals surface area contributed by atoms with Gasteiger partial charge in [0.25, 0.3) is 0 Å². The molecule has 0 fully saturated rings. The van der Waals surface area contributed by atoms with Gasteiger partial charge in [-0.3, -0.25) is 0 Å². The molecule has 0 saturated carbocycles. The largest absolute Gasteiger partial charge is 0.478 e. The molecular weight excluding hydrogens is 232 g/mol. The summed E-state index contributed by atoms with van der Waals surface area (Å²) in [5.74, 6) is 0.820. The molecule has 1 aromatic rings. The number of nitrogens with one attached hydrogen (secondary N) is 1. The van der Waals surface area contributed by atoms with Crippen LogP contribution in [0.4, 0.5) is 5.69 Å². The minimum atomic E-state index is 0.112. The lowest BCUT2D eigenvalue weighted by Crippen LogP contribution is -2.26. The standard InChI is InChI=1S/C12H20N4O2/c1-3-9(7-11(13)16-17)15-10-5-6-12(14-8-10)18-4-2/h5-6,8-9,15,17H,3-4,7H2,1-2H3,(H2,13,16). The molecule has 1 heterocycles. The number of nitrogens with zero attached hydrogens (tertiary/aromatic N) is 2. The van der Waals surface area contributed by atoms with E-state index in [9.17, 15) is 0 Å². The summed E-state index contributed by atoms with van der Waals surface area (Å²) in [5.41, 5.74) is 6.38. The summed E-state index contributed by atoms with van der Waals surface area (Å²) >= 11 is 0. The molecule has 6 heteroatoms. The van der Waals surface area contributed by atoms with Crippen LogP contribution in [-0.2, 0) is 0 Å². The highest BCUT2D eigenvalue weighted by molar-refractivity contribution is 5.80. The Morgan fingerprint density at radius 1 is 1.56 bits per heavy atom. The monoisotopic (exact) mass is 252 g/mol. The van der Waals surface area contributed by atoms with Crippen LogP contribution in [0.25, 0.3) is 0 Å². The Kier molecular flexibility index (Phi) is 5.76. The third-order valence-corrected chi connectivity index (χ3v) is 2.48. The maximum Gasteiger partial charge on any atom is 0.213 e. The van der Waals surface area contributed by atoms with Crippen molar-refractivity contribution in [2.75, 3.05) is 11.9 Å². The Balaban J connectivity index is 2.58. The smallest absolute Gasteiger partial charge is 0.213 e. The summed E-state index contributed by atoms with van der Waals surface area (Å²) in [7, 11) is 0. The molecule has 0 aromatic carbocycles. The van der Waals surface area contributed by atoms with E-state index < -0.39 is 0 Å². The summed E-state index contributed by atoms with van der Waals surface area (Å²) in [6.07, 6.45) is 3.06. The second kappa shape index (κ2) is 7.37. The number of ether oxygens (including phenoxy) is 1. The first-order chi connectivity index (χ1) is 8.69. The van der Waals surface area contributed by atoms with Crippen molar-refractivity contribution in [1.29, 1.82) is 0 Å². The summed E-state index contributed by atoms with van der Waals surface area (Å²) < 4.78 is 5.26. The molecule has 1 aromatic heterocycles. The van der Waals surface area contributed by atoms with Crippen LogP contribution in [0.5, 0.6) is 5.88 Å². The van der Waals surface area contributed by atoms with Crippen molar-refractivity contribution in [3.63, 3.8) is 0 Å². The van der Waals surface area contributed by atoms with E-state index in [-0.39, 0.29) is 11.9 Å². The number of anilines is 1. The third-order valence-electron chi connectivity index (χ3n) is 2.48. The molecule has 0 aliphatic rings. The quantitative estimate of drug-likeness (QED) is 0.298. The fraction of sp³-hybridized carbons (Fsp3) is 0.500. The zero-order chi connectivity index (χ0) is 13.4. The number of hydrogen-bond donors (Lipinski definition) is 3. The first kappa shape index (κ1) is 14.1. The Morgan fingerprint density at radius 2 is 2.33 bits per heavy atom. The van der Waals surface area contributed by atoms with Crippen LogP contribution >= 0.6 is 0 Å². The second-order valence-corrected chi connectivity index (χ2v) is 3.86. The molecule has 4 N–H and O–H groups in total. The molecule has 100 valence electrons. The molecule has 18 heavy (non-hydrogen) atoms. The van der Waals surface area contributed by atoms with Gasteiger partial charge < -0.3 is 21.0 Å². The van der Waals surface area contributed by atoms with Crippen LogP contribution in [0.15, 0.2) is 23.5 Å². The number of aromatic nitrogens is 1. The summed E-state index contributed by atoms with van der Waals surface area (Å²) in [6.45, 7) is 4.54. The number of pyridine rings is 1. The van der Waals surface area contributed by atoms with E-state index in [2.05, 4.69) is 15.5 Å². The number of nitrogens with two attached hydrogens (primary N) is 1. The Bertz CT molecular complexity index is 378. The molecular formula is C12H20N4O2. The Labute approximate surface area is 107 Å². The first-order valence-electron chi connectivity index (χ1n) is 6.01. The van der Waals surface area contributed by atoms with Gasteiger partial charge in [-0.15, -0.1) is 0 Å². The Morgan fingerprint density at radius 3 is 2.83 bits per heavy atom. The van der Waals surface area contributed by atoms with Gasteiger partial charge in [0.05, 0.1) is 18.5 Å². The van der Waals surface area contributed by atoms with Gasteiger partial charge in [0.1, 0.15) is 5.84 Å². The normalized spacial score (nSPS) is 13.1. The predicted molar refractivity (Wildman–Crippen MR) is 71.1 cm³/mol. The number of oxime groups is 1. The van der Waals surface area contributed by atoms with Crippen molar-refractivity contribution in [3.05, 3.63) is 18.3 Å². The second-order valence-electron chi connectivity index (χ2n) is 3.86. The zero-order valence-electron chi connectivity index (χ0n) is 10.8. The third kappa shape index (κ3) is 4.48. The zero-order valence-corrected chi connectivity index (χ0v) is 10.8. The first-order valence-corrected chi connectivity index (χ1v) is 6.01. The van der Waals surface area contributed by atoms with Crippen molar-refractivity contribution in [2.24, 2.45) is 10.9 Å². The minimum absolute atomic E-state index is 0.112. The molecule has 1 unspecified atom stereocenters. The average Bonchev–Trinajstić information content (AvgIpc) is 2.40. The van der Waals surface area contributed by atoms with Gasteiger partial charge in [-0.1, -0.05) is 12.1 Å². The van der Waals surface area contributed by atoms with Gasteiger partial charge in [0, 0.05) is 18.5 Å². The van der Waals surface area contributed by atoms with Crippen molar-refractivity contribution in [2.45, 2.75) is 32.7 Å². The lowest BCUT2D eigenvalue weighted by molar-refractivity contribution is 0.316. The highest BCUT2D eigenvalue weighted by atomic mass is 16.5. The average molecular weight is 252 g/mol. The lowest BCUT2D eigenvalue weighted by Gasteiger charge is -2.17. The highest BCUT2D eigenvalue weighted by Gasteiger charge is 2.09. The van der Waals surface area contributed by atoms with Crippen LogP contribution in [0.3, 0.4) is 0 Å². The molecule has 0 saturated heterocycles. The van der Waals surface area contributed by atoms with E-state index in [1.165, 1.54) is 0 Å².